The van der Waals surface area contributed by atoms with E-state index in [1.807, 2.05) is 6.92 Å². The van der Waals surface area contributed by atoms with Gasteiger partial charge in [-0.25, -0.2) is 0 Å². The van der Waals surface area contributed by atoms with Gasteiger partial charge in [0, 0.05) is 19.6 Å². The van der Waals surface area contributed by atoms with E-state index in [0.29, 0.717) is 6.10 Å². The quantitative estimate of drug-likeness (QED) is 0.527. The van der Waals surface area contributed by atoms with Gasteiger partial charge < -0.3 is 9.84 Å². The molecular formula is C7H13NO2. The largest absolute Gasteiger partial charge is 0.388 e. The summed E-state index contributed by atoms with van der Waals surface area (Å²) in [7, 11) is 0. The van der Waals surface area contributed by atoms with Crippen molar-refractivity contribution in [2.75, 3.05) is 26.2 Å². The Balaban J connectivity index is 1.69. The summed E-state index contributed by atoms with van der Waals surface area (Å²) < 4.78 is 5.06. The van der Waals surface area contributed by atoms with E-state index >= 15 is 0 Å². The molecule has 58 valence electrons. The summed E-state index contributed by atoms with van der Waals surface area (Å²) in [5.41, 5.74) is -0.422. The van der Waals surface area contributed by atoms with Gasteiger partial charge in [-0.3, -0.25) is 4.90 Å². The Morgan fingerprint density at radius 2 is 2.30 bits per heavy atom. The van der Waals surface area contributed by atoms with Gasteiger partial charge in [0.1, 0.15) is 0 Å². The molecule has 0 radical (unpaired) electrons. The summed E-state index contributed by atoms with van der Waals surface area (Å²) in [5, 5.41) is 9.33. The van der Waals surface area contributed by atoms with Crippen LogP contribution in [0.3, 0.4) is 0 Å². The van der Waals surface area contributed by atoms with E-state index in [9.17, 15) is 5.11 Å². The van der Waals surface area contributed by atoms with Crippen LogP contribution in [0.25, 0.3) is 0 Å². The van der Waals surface area contributed by atoms with Crippen LogP contribution < -0.4 is 0 Å². The van der Waals surface area contributed by atoms with Crippen molar-refractivity contribution >= 4 is 0 Å². The summed E-state index contributed by atoms with van der Waals surface area (Å²) in [5.74, 6) is 0. The monoisotopic (exact) mass is 143 g/mol. The molecule has 2 saturated heterocycles. The van der Waals surface area contributed by atoms with E-state index in [2.05, 4.69) is 4.90 Å². The molecule has 3 nitrogen and oxygen atoms in total. The van der Waals surface area contributed by atoms with Crippen LogP contribution in [-0.4, -0.2) is 48.0 Å². The molecule has 0 aromatic heterocycles. The number of likely N-dealkylation sites (tertiary alicyclic amines) is 1. The van der Waals surface area contributed by atoms with Crippen LogP contribution >= 0.6 is 0 Å². The predicted molar refractivity (Wildman–Crippen MR) is 36.8 cm³/mol. The lowest BCUT2D eigenvalue weighted by atomic mass is 9.97. The normalized spacial score (nSPS) is 37.2. The molecule has 1 N–H and O–H groups in total. The van der Waals surface area contributed by atoms with Gasteiger partial charge in [0.05, 0.1) is 18.3 Å². The van der Waals surface area contributed by atoms with Crippen molar-refractivity contribution in [3.63, 3.8) is 0 Å². The zero-order valence-corrected chi connectivity index (χ0v) is 6.21. The zero-order valence-electron chi connectivity index (χ0n) is 6.21. The Hall–Kier alpha value is -0.120. The highest BCUT2D eigenvalue weighted by Gasteiger charge is 2.39. The van der Waals surface area contributed by atoms with Gasteiger partial charge >= 0.3 is 0 Å². The highest BCUT2D eigenvalue weighted by atomic mass is 16.6. The first kappa shape index (κ1) is 6.58. The van der Waals surface area contributed by atoms with Crippen molar-refractivity contribution in [3.8, 4) is 0 Å². The van der Waals surface area contributed by atoms with Crippen LogP contribution in [0.15, 0.2) is 0 Å². The Kier molecular flexibility index (Phi) is 1.27. The van der Waals surface area contributed by atoms with Crippen LogP contribution in [-0.2, 0) is 4.74 Å². The van der Waals surface area contributed by atoms with Gasteiger partial charge in [0.2, 0.25) is 0 Å². The first-order valence-electron chi connectivity index (χ1n) is 3.72. The Morgan fingerprint density at radius 1 is 1.70 bits per heavy atom. The average Bonchev–Trinajstić information content (AvgIpc) is 2.44. The van der Waals surface area contributed by atoms with E-state index in [1.165, 1.54) is 0 Å². The molecule has 3 heteroatoms. The van der Waals surface area contributed by atoms with Crippen molar-refractivity contribution in [2.45, 2.75) is 18.6 Å². The Labute approximate surface area is 60.6 Å². The van der Waals surface area contributed by atoms with Crippen LogP contribution in [0.2, 0.25) is 0 Å². The second-order valence-corrected chi connectivity index (χ2v) is 3.62. The lowest BCUT2D eigenvalue weighted by Crippen LogP contribution is -2.60. The minimum atomic E-state index is -0.422. The van der Waals surface area contributed by atoms with Crippen LogP contribution in [0, 0.1) is 0 Å². The van der Waals surface area contributed by atoms with Crippen molar-refractivity contribution in [2.24, 2.45) is 0 Å². The SMILES string of the molecule is CC1(O)CN(CC2CO2)C1. The van der Waals surface area contributed by atoms with E-state index in [4.69, 9.17) is 4.74 Å². The predicted octanol–water partition coefficient (Wildman–Crippen LogP) is -0.548. The molecule has 0 aromatic carbocycles. The Morgan fingerprint density at radius 3 is 2.70 bits per heavy atom. The first-order chi connectivity index (χ1) is 4.66. The highest BCUT2D eigenvalue weighted by Crippen LogP contribution is 2.22. The third kappa shape index (κ3) is 1.31. The van der Waals surface area contributed by atoms with Gasteiger partial charge in [0.15, 0.2) is 0 Å². The molecular weight excluding hydrogens is 130 g/mol. The van der Waals surface area contributed by atoms with Crippen molar-refractivity contribution < 1.29 is 9.84 Å². The van der Waals surface area contributed by atoms with Crippen molar-refractivity contribution in [1.29, 1.82) is 0 Å². The van der Waals surface area contributed by atoms with Gasteiger partial charge in [-0.15, -0.1) is 0 Å². The maximum Gasteiger partial charge on any atom is 0.0936 e. The average molecular weight is 143 g/mol. The molecule has 0 aliphatic carbocycles. The number of epoxide rings is 1. The topological polar surface area (TPSA) is 36.0 Å². The van der Waals surface area contributed by atoms with Gasteiger partial charge in [-0.05, 0) is 6.92 Å². The third-order valence-electron chi connectivity index (χ3n) is 1.99. The molecule has 2 aliphatic heterocycles. The molecule has 1 atom stereocenters. The molecule has 2 aliphatic rings. The van der Waals surface area contributed by atoms with E-state index in [0.717, 1.165) is 26.2 Å². The first-order valence-corrected chi connectivity index (χ1v) is 3.72. The minimum Gasteiger partial charge on any atom is -0.388 e. The molecule has 0 saturated carbocycles. The molecule has 2 fully saturated rings. The van der Waals surface area contributed by atoms with Crippen LogP contribution in [0.1, 0.15) is 6.92 Å². The fourth-order valence-corrected chi connectivity index (χ4v) is 1.51. The second-order valence-electron chi connectivity index (χ2n) is 3.62. The third-order valence-corrected chi connectivity index (χ3v) is 1.99. The van der Waals surface area contributed by atoms with E-state index in [1.54, 1.807) is 0 Å². The molecule has 0 aromatic rings. The molecule has 2 heterocycles. The zero-order chi connectivity index (χ0) is 7.19. The van der Waals surface area contributed by atoms with E-state index in [-0.39, 0.29) is 0 Å². The summed E-state index contributed by atoms with van der Waals surface area (Å²) in [6, 6.07) is 0. The van der Waals surface area contributed by atoms with Gasteiger partial charge in [0.25, 0.3) is 0 Å². The standard InChI is InChI=1S/C7H13NO2/c1-7(9)4-8(5-7)2-6-3-10-6/h6,9H,2-5H2,1H3. The summed E-state index contributed by atoms with van der Waals surface area (Å²) >= 11 is 0. The lowest BCUT2D eigenvalue weighted by molar-refractivity contribution is -0.0846. The second kappa shape index (κ2) is 1.94. The van der Waals surface area contributed by atoms with Crippen LogP contribution in [0.4, 0.5) is 0 Å². The number of nitrogens with zero attached hydrogens (tertiary/aromatic N) is 1. The molecule has 0 amide bonds. The lowest BCUT2D eigenvalue weighted by Gasteiger charge is -2.43. The summed E-state index contributed by atoms with van der Waals surface area (Å²) in [6.45, 7) is 5.42. The number of rotatable bonds is 2. The number of hydrogen-bond acceptors (Lipinski definition) is 3. The molecule has 2 rings (SSSR count). The molecule has 0 spiro atoms. The van der Waals surface area contributed by atoms with Crippen molar-refractivity contribution in [3.05, 3.63) is 0 Å². The fraction of sp³-hybridized carbons (Fsp3) is 1.00. The fourth-order valence-electron chi connectivity index (χ4n) is 1.51. The maximum atomic E-state index is 9.33. The number of β-amino-alcohol motifs (C(OH)–C–C–N with tert-alkyl or cyclic N) is 1. The minimum absolute atomic E-state index is 0.422. The molecule has 0 bridgehead atoms. The van der Waals surface area contributed by atoms with Gasteiger partial charge in [-0.1, -0.05) is 0 Å². The van der Waals surface area contributed by atoms with Gasteiger partial charge in [-0.2, -0.15) is 0 Å². The highest BCUT2D eigenvalue weighted by molar-refractivity contribution is 4.93. The van der Waals surface area contributed by atoms with Crippen molar-refractivity contribution in [1.82, 2.24) is 4.90 Å². The van der Waals surface area contributed by atoms with E-state index < -0.39 is 5.60 Å². The van der Waals surface area contributed by atoms with Crippen LogP contribution in [0.5, 0.6) is 0 Å². The number of hydrogen-bond donors (Lipinski definition) is 1. The molecule has 1 unspecified atom stereocenters. The summed E-state index contributed by atoms with van der Waals surface area (Å²) in [4.78, 5) is 2.22. The molecule has 10 heavy (non-hydrogen) atoms. The summed E-state index contributed by atoms with van der Waals surface area (Å²) in [6.07, 6.45) is 0.469. The number of ether oxygens (including phenoxy) is 1. The Bertz CT molecular complexity index is 132. The smallest absolute Gasteiger partial charge is 0.0936 e. The number of aliphatic hydroxyl groups is 1. The maximum absolute atomic E-state index is 9.33.